The van der Waals surface area contributed by atoms with Crippen LogP contribution in [0.25, 0.3) is 0 Å². The highest BCUT2D eigenvalue weighted by Crippen LogP contribution is 2.14. The van der Waals surface area contributed by atoms with Crippen molar-refractivity contribution >= 4 is 0 Å². The molecule has 0 aliphatic carbocycles. The largest absolute Gasteiger partial charge is 0.411 e. The van der Waals surface area contributed by atoms with Gasteiger partial charge < -0.3 is 10.1 Å². The third kappa shape index (κ3) is 6.56. The van der Waals surface area contributed by atoms with Gasteiger partial charge >= 0.3 is 6.18 Å². The Bertz CT molecular complexity index is 330. The summed E-state index contributed by atoms with van der Waals surface area (Å²) >= 11 is 0. The van der Waals surface area contributed by atoms with Gasteiger partial charge in [0.25, 0.3) is 0 Å². The molecule has 1 heterocycles. The number of halogens is 3. The molecule has 1 N–H and O–H groups in total. The van der Waals surface area contributed by atoms with Crippen LogP contribution in [0.1, 0.15) is 24.9 Å². The summed E-state index contributed by atoms with van der Waals surface area (Å²) in [5, 5.41) is 3.21. The molecule has 0 aromatic carbocycles. The molecule has 6 heteroatoms. The van der Waals surface area contributed by atoms with E-state index < -0.39 is 12.8 Å². The summed E-state index contributed by atoms with van der Waals surface area (Å²) in [7, 11) is 0. The van der Waals surface area contributed by atoms with Crippen molar-refractivity contribution in [1.82, 2.24) is 10.3 Å². The highest BCUT2D eigenvalue weighted by Gasteiger charge is 2.27. The smallest absolute Gasteiger partial charge is 0.372 e. The minimum atomic E-state index is -4.24. The van der Waals surface area contributed by atoms with Gasteiger partial charge in [0.1, 0.15) is 6.61 Å². The number of nitrogens with zero attached hydrogens (tertiary/aromatic N) is 1. The second-order valence-corrected chi connectivity index (χ2v) is 3.98. The van der Waals surface area contributed by atoms with E-state index in [1.807, 2.05) is 19.1 Å². The number of alkyl halides is 3. The van der Waals surface area contributed by atoms with Crippen LogP contribution in [0.3, 0.4) is 0 Å². The number of ether oxygens (including phenoxy) is 1. The van der Waals surface area contributed by atoms with Crippen LogP contribution in [0, 0.1) is 0 Å². The fourth-order valence-corrected chi connectivity index (χ4v) is 1.45. The quantitative estimate of drug-likeness (QED) is 0.767. The minimum absolute atomic E-state index is 0.107. The normalized spacial score (nSPS) is 13.6. The third-order valence-electron chi connectivity index (χ3n) is 2.39. The van der Waals surface area contributed by atoms with Gasteiger partial charge in [-0.2, -0.15) is 13.2 Å². The van der Waals surface area contributed by atoms with Crippen LogP contribution in [0.5, 0.6) is 0 Å². The molecule has 1 atom stereocenters. The Hall–Kier alpha value is -1.14. The maximum absolute atomic E-state index is 11.8. The second-order valence-electron chi connectivity index (χ2n) is 3.98. The average molecular weight is 262 g/mol. The molecule has 0 radical (unpaired) electrons. The topological polar surface area (TPSA) is 34.1 Å². The SMILES string of the molecule is C[C@H](NCCCOCC(F)(F)F)c1ccncc1. The number of pyridine rings is 1. The summed E-state index contributed by atoms with van der Waals surface area (Å²) in [6.07, 6.45) is -0.275. The zero-order chi connectivity index (χ0) is 13.4. The fraction of sp³-hybridized carbons (Fsp3) is 0.583. The number of aromatic nitrogens is 1. The van der Waals surface area contributed by atoms with Crippen molar-refractivity contribution < 1.29 is 17.9 Å². The lowest BCUT2D eigenvalue weighted by Crippen LogP contribution is -2.22. The summed E-state index contributed by atoms with van der Waals surface area (Å²) < 4.78 is 39.8. The third-order valence-corrected chi connectivity index (χ3v) is 2.39. The molecule has 0 unspecified atom stereocenters. The van der Waals surface area contributed by atoms with Gasteiger partial charge in [-0.15, -0.1) is 0 Å². The maximum Gasteiger partial charge on any atom is 0.411 e. The summed E-state index contributed by atoms with van der Waals surface area (Å²) in [6, 6.07) is 3.95. The summed E-state index contributed by atoms with van der Waals surface area (Å²) in [6.45, 7) is 1.54. The van der Waals surface area contributed by atoms with E-state index in [9.17, 15) is 13.2 Å². The summed E-state index contributed by atoms with van der Waals surface area (Å²) in [4.78, 5) is 3.92. The van der Waals surface area contributed by atoms with Crippen LogP contribution in [0.4, 0.5) is 13.2 Å². The van der Waals surface area contributed by atoms with Crippen molar-refractivity contribution in [1.29, 1.82) is 0 Å². The summed E-state index contributed by atoms with van der Waals surface area (Å²) in [5.74, 6) is 0. The molecular formula is C12H17F3N2O. The highest BCUT2D eigenvalue weighted by atomic mass is 19.4. The summed E-state index contributed by atoms with van der Waals surface area (Å²) in [5.41, 5.74) is 1.10. The number of nitrogens with one attached hydrogen (secondary N) is 1. The molecule has 0 aliphatic rings. The average Bonchev–Trinajstić information content (AvgIpc) is 2.33. The molecule has 3 nitrogen and oxygen atoms in total. The molecule has 1 rings (SSSR count). The Morgan fingerprint density at radius 2 is 2.00 bits per heavy atom. The van der Waals surface area contributed by atoms with Gasteiger partial charge in [-0.25, -0.2) is 0 Å². The van der Waals surface area contributed by atoms with Gasteiger partial charge in [-0.05, 0) is 37.6 Å². The molecule has 1 aromatic heterocycles. The Morgan fingerprint density at radius 3 is 2.61 bits per heavy atom. The first-order valence-corrected chi connectivity index (χ1v) is 5.77. The van der Waals surface area contributed by atoms with E-state index in [0.717, 1.165) is 5.56 Å². The van der Waals surface area contributed by atoms with Gasteiger partial charge in [-0.1, -0.05) is 0 Å². The highest BCUT2D eigenvalue weighted by molar-refractivity contribution is 5.13. The van der Waals surface area contributed by atoms with Crippen LogP contribution in [0.2, 0.25) is 0 Å². The van der Waals surface area contributed by atoms with Gasteiger partial charge in [-0.3, -0.25) is 4.98 Å². The lowest BCUT2D eigenvalue weighted by Gasteiger charge is -2.14. The standard InChI is InChI=1S/C12H17F3N2O/c1-10(11-3-6-16-7-4-11)17-5-2-8-18-9-12(13,14)15/h3-4,6-7,10,17H,2,5,8-9H2,1H3/t10-/m0/s1. The Morgan fingerprint density at radius 1 is 1.33 bits per heavy atom. The molecule has 0 fully saturated rings. The second kappa shape index (κ2) is 7.33. The van der Waals surface area contributed by atoms with Gasteiger partial charge in [0.15, 0.2) is 0 Å². The van der Waals surface area contributed by atoms with Gasteiger partial charge in [0, 0.05) is 25.0 Å². The van der Waals surface area contributed by atoms with E-state index in [2.05, 4.69) is 15.0 Å². The predicted molar refractivity (Wildman–Crippen MR) is 62.1 cm³/mol. The van der Waals surface area contributed by atoms with Crippen molar-refractivity contribution in [2.75, 3.05) is 19.8 Å². The van der Waals surface area contributed by atoms with Crippen LogP contribution in [-0.4, -0.2) is 30.9 Å². The first-order valence-electron chi connectivity index (χ1n) is 5.77. The molecule has 18 heavy (non-hydrogen) atoms. The van der Waals surface area contributed by atoms with Crippen LogP contribution in [-0.2, 0) is 4.74 Å². The monoisotopic (exact) mass is 262 g/mol. The molecule has 0 bridgehead atoms. The molecule has 0 saturated heterocycles. The number of hydrogen-bond donors (Lipinski definition) is 1. The van der Waals surface area contributed by atoms with Crippen LogP contribution >= 0.6 is 0 Å². The molecule has 1 aromatic rings. The van der Waals surface area contributed by atoms with Crippen molar-refractivity contribution in [3.8, 4) is 0 Å². The molecule has 0 spiro atoms. The van der Waals surface area contributed by atoms with E-state index in [0.29, 0.717) is 13.0 Å². The maximum atomic E-state index is 11.8. The van der Waals surface area contributed by atoms with Crippen LogP contribution in [0.15, 0.2) is 24.5 Å². The van der Waals surface area contributed by atoms with Gasteiger partial charge in [0.2, 0.25) is 0 Å². The lowest BCUT2D eigenvalue weighted by molar-refractivity contribution is -0.173. The zero-order valence-electron chi connectivity index (χ0n) is 10.2. The van der Waals surface area contributed by atoms with Crippen molar-refractivity contribution in [2.24, 2.45) is 0 Å². The predicted octanol–water partition coefficient (Wildman–Crippen LogP) is 2.70. The van der Waals surface area contributed by atoms with Crippen LogP contribution < -0.4 is 5.32 Å². The van der Waals surface area contributed by atoms with Gasteiger partial charge in [0.05, 0.1) is 0 Å². The molecule has 102 valence electrons. The van der Waals surface area contributed by atoms with Crippen molar-refractivity contribution in [3.63, 3.8) is 0 Å². The zero-order valence-corrected chi connectivity index (χ0v) is 10.2. The number of hydrogen-bond acceptors (Lipinski definition) is 3. The minimum Gasteiger partial charge on any atom is -0.372 e. The van der Waals surface area contributed by atoms with E-state index >= 15 is 0 Å². The molecule has 0 aliphatic heterocycles. The van der Waals surface area contributed by atoms with Crippen molar-refractivity contribution in [2.45, 2.75) is 25.6 Å². The number of rotatable bonds is 7. The lowest BCUT2D eigenvalue weighted by atomic mass is 10.1. The fourth-order valence-electron chi connectivity index (χ4n) is 1.45. The van der Waals surface area contributed by atoms with E-state index in [1.165, 1.54) is 0 Å². The van der Waals surface area contributed by atoms with E-state index in [4.69, 9.17) is 0 Å². The first kappa shape index (κ1) is 14.9. The van der Waals surface area contributed by atoms with E-state index in [1.54, 1.807) is 12.4 Å². The Kier molecular flexibility index (Phi) is 6.07. The van der Waals surface area contributed by atoms with Crippen molar-refractivity contribution in [3.05, 3.63) is 30.1 Å². The Balaban J connectivity index is 2.08. The molecule has 0 amide bonds. The molecule has 0 saturated carbocycles. The Labute approximate surface area is 104 Å². The molecular weight excluding hydrogens is 245 g/mol. The van der Waals surface area contributed by atoms with E-state index in [-0.39, 0.29) is 12.6 Å². The first-order chi connectivity index (χ1) is 8.49.